The Morgan fingerprint density at radius 1 is 1.44 bits per heavy atom. The molecule has 0 aliphatic heterocycles. The number of hydrogen-bond donors (Lipinski definition) is 2. The van der Waals surface area contributed by atoms with Crippen molar-refractivity contribution < 1.29 is 9.84 Å². The van der Waals surface area contributed by atoms with Crippen LogP contribution in [-0.2, 0) is 13.0 Å². The molecule has 2 rings (SSSR count). The fourth-order valence-corrected chi connectivity index (χ4v) is 1.82. The number of aliphatic hydroxyl groups is 1. The molecule has 0 saturated heterocycles. The van der Waals surface area contributed by atoms with Crippen molar-refractivity contribution in [1.82, 2.24) is 9.78 Å². The first kappa shape index (κ1) is 12.4. The van der Waals surface area contributed by atoms with Gasteiger partial charge in [0.15, 0.2) is 0 Å². The predicted octanol–water partition coefficient (Wildman–Crippen LogP) is 1.06. The molecule has 0 spiro atoms. The minimum absolute atomic E-state index is 0.0784. The van der Waals surface area contributed by atoms with Gasteiger partial charge in [0.2, 0.25) is 0 Å². The van der Waals surface area contributed by atoms with Gasteiger partial charge in [-0.25, -0.2) is 4.68 Å². The molecule has 1 aromatic heterocycles. The molecule has 18 heavy (non-hydrogen) atoms. The van der Waals surface area contributed by atoms with Gasteiger partial charge in [-0.1, -0.05) is 12.1 Å². The Bertz CT molecular complexity index is 523. The fraction of sp³-hybridized carbons (Fsp3) is 0.308. The van der Waals surface area contributed by atoms with Gasteiger partial charge in [-0.15, -0.1) is 0 Å². The van der Waals surface area contributed by atoms with Crippen LogP contribution in [0.3, 0.4) is 0 Å². The summed E-state index contributed by atoms with van der Waals surface area (Å²) in [6.07, 6.45) is 2.23. The molecule has 0 aliphatic rings. The number of anilines is 1. The first-order chi connectivity index (χ1) is 8.74. The van der Waals surface area contributed by atoms with Crippen LogP contribution in [0.25, 0.3) is 0 Å². The number of methoxy groups -OCH3 is 1. The highest BCUT2D eigenvalue weighted by Crippen LogP contribution is 2.17. The number of rotatable bonds is 5. The topological polar surface area (TPSA) is 73.3 Å². The van der Waals surface area contributed by atoms with E-state index in [9.17, 15) is 0 Å². The summed E-state index contributed by atoms with van der Waals surface area (Å²) in [7, 11) is 1.64. The molecule has 0 saturated carbocycles. The smallest absolute Gasteiger partial charge is 0.125 e. The van der Waals surface area contributed by atoms with E-state index in [1.165, 1.54) is 0 Å². The number of nitrogen functional groups attached to an aromatic ring is 1. The highest BCUT2D eigenvalue weighted by molar-refractivity contribution is 5.40. The second-order valence-electron chi connectivity index (χ2n) is 4.04. The van der Waals surface area contributed by atoms with Crippen LogP contribution in [0.15, 0.2) is 30.5 Å². The van der Waals surface area contributed by atoms with E-state index in [2.05, 4.69) is 5.10 Å². The van der Waals surface area contributed by atoms with Crippen molar-refractivity contribution in [1.29, 1.82) is 0 Å². The lowest BCUT2D eigenvalue weighted by Gasteiger charge is -2.07. The molecule has 1 aromatic carbocycles. The maximum Gasteiger partial charge on any atom is 0.125 e. The third-order valence-corrected chi connectivity index (χ3v) is 2.81. The molecule has 0 bridgehead atoms. The first-order valence-corrected chi connectivity index (χ1v) is 5.78. The van der Waals surface area contributed by atoms with E-state index >= 15 is 0 Å². The summed E-state index contributed by atoms with van der Waals surface area (Å²) in [6, 6.07) is 7.78. The molecule has 0 atom stereocenters. The molecule has 96 valence electrons. The van der Waals surface area contributed by atoms with E-state index in [0.29, 0.717) is 18.8 Å². The summed E-state index contributed by atoms with van der Waals surface area (Å²) in [5.74, 6) is 1.42. The SMILES string of the molecule is COc1cccc(Cn2ncc(CCO)c2N)c1. The summed E-state index contributed by atoms with van der Waals surface area (Å²) >= 11 is 0. The van der Waals surface area contributed by atoms with Crippen LogP contribution in [0.5, 0.6) is 5.75 Å². The van der Waals surface area contributed by atoms with Gasteiger partial charge in [0.1, 0.15) is 11.6 Å². The number of benzene rings is 1. The van der Waals surface area contributed by atoms with Gasteiger partial charge >= 0.3 is 0 Å². The van der Waals surface area contributed by atoms with E-state index in [0.717, 1.165) is 16.9 Å². The number of ether oxygens (including phenoxy) is 1. The van der Waals surface area contributed by atoms with Gasteiger partial charge in [0.05, 0.1) is 19.9 Å². The number of hydrogen-bond acceptors (Lipinski definition) is 4. The lowest BCUT2D eigenvalue weighted by atomic mass is 10.2. The Kier molecular flexibility index (Phi) is 3.84. The first-order valence-electron chi connectivity index (χ1n) is 5.78. The number of aromatic nitrogens is 2. The lowest BCUT2D eigenvalue weighted by Crippen LogP contribution is -2.07. The normalized spacial score (nSPS) is 10.6. The molecule has 3 N–H and O–H groups in total. The maximum absolute atomic E-state index is 8.90. The zero-order valence-corrected chi connectivity index (χ0v) is 10.3. The molecule has 0 radical (unpaired) electrons. The van der Waals surface area contributed by atoms with Crippen LogP contribution in [0.2, 0.25) is 0 Å². The fourth-order valence-electron chi connectivity index (χ4n) is 1.82. The summed E-state index contributed by atoms with van der Waals surface area (Å²) in [5, 5.41) is 13.1. The van der Waals surface area contributed by atoms with Crippen LogP contribution < -0.4 is 10.5 Å². The summed E-state index contributed by atoms with van der Waals surface area (Å²) < 4.78 is 6.89. The molecule has 0 unspecified atom stereocenters. The molecule has 5 nitrogen and oxygen atoms in total. The molecule has 0 amide bonds. The Morgan fingerprint density at radius 3 is 3.00 bits per heavy atom. The molecule has 2 aromatic rings. The van der Waals surface area contributed by atoms with Crippen LogP contribution in [0, 0.1) is 0 Å². The average Bonchev–Trinajstić information content (AvgIpc) is 2.72. The van der Waals surface area contributed by atoms with Crippen molar-refractivity contribution in [2.24, 2.45) is 0 Å². The van der Waals surface area contributed by atoms with Crippen molar-refractivity contribution >= 4 is 5.82 Å². The van der Waals surface area contributed by atoms with Gasteiger partial charge < -0.3 is 15.6 Å². The van der Waals surface area contributed by atoms with Gasteiger partial charge in [0, 0.05) is 18.6 Å². The lowest BCUT2D eigenvalue weighted by molar-refractivity contribution is 0.300. The highest BCUT2D eigenvalue weighted by Gasteiger charge is 2.07. The molecule has 0 aliphatic carbocycles. The minimum Gasteiger partial charge on any atom is -0.497 e. The molecular formula is C13H17N3O2. The molecule has 0 fully saturated rings. The Labute approximate surface area is 106 Å². The van der Waals surface area contributed by atoms with E-state index < -0.39 is 0 Å². The van der Waals surface area contributed by atoms with Crippen molar-refractivity contribution in [3.8, 4) is 5.75 Å². The van der Waals surface area contributed by atoms with Crippen molar-refractivity contribution in [2.45, 2.75) is 13.0 Å². The monoisotopic (exact) mass is 247 g/mol. The third-order valence-electron chi connectivity index (χ3n) is 2.81. The maximum atomic E-state index is 8.90. The number of aliphatic hydroxyl groups excluding tert-OH is 1. The summed E-state index contributed by atoms with van der Waals surface area (Å²) in [6.45, 7) is 0.670. The van der Waals surface area contributed by atoms with Crippen LogP contribution in [0.4, 0.5) is 5.82 Å². The van der Waals surface area contributed by atoms with Gasteiger partial charge in [0.25, 0.3) is 0 Å². The van der Waals surface area contributed by atoms with Crippen molar-refractivity contribution in [2.75, 3.05) is 19.5 Å². The minimum atomic E-state index is 0.0784. The molecular weight excluding hydrogens is 230 g/mol. The largest absolute Gasteiger partial charge is 0.497 e. The van der Waals surface area contributed by atoms with Crippen LogP contribution >= 0.6 is 0 Å². The molecule has 1 heterocycles. The second-order valence-corrected chi connectivity index (χ2v) is 4.04. The zero-order valence-electron chi connectivity index (χ0n) is 10.3. The summed E-state index contributed by atoms with van der Waals surface area (Å²) in [5.41, 5.74) is 7.91. The van der Waals surface area contributed by atoms with Gasteiger partial charge in [-0.05, 0) is 17.7 Å². The second kappa shape index (κ2) is 5.55. The van der Waals surface area contributed by atoms with Crippen LogP contribution in [0.1, 0.15) is 11.1 Å². The third kappa shape index (κ3) is 2.62. The number of nitrogens with two attached hydrogens (primary N) is 1. The van der Waals surface area contributed by atoms with E-state index in [-0.39, 0.29) is 6.61 Å². The van der Waals surface area contributed by atoms with E-state index in [4.69, 9.17) is 15.6 Å². The van der Waals surface area contributed by atoms with Crippen molar-refractivity contribution in [3.05, 3.63) is 41.6 Å². The Balaban J connectivity index is 2.17. The number of nitrogens with zero attached hydrogens (tertiary/aromatic N) is 2. The predicted molar refractivity (Wildman–Crippen MR) is 69.5 cm³/mol. The Morgan fingerprint density at radius 2 is 2.28 bits per heavy atom. The van der Waals surface area contributed by atoms with Gasteiger partial charge in [-0.3, -0.25) is 0 Å². The zero-order chi connectivity index (χ0) is 13.0. The highest BCUT2D eigenvalue weighted by atomic mass is 16.5. The van der Waals surface area contributed by atoms with Gasteiger partial charge in [-0.2, -0.15) is 5.10 Å². The quantitative estimate of drug-likeness (QED) is 0.828. The average molecular weight is 247 g/mol. The van der Waals surface area contributed by atoms with E-state index in [1.54, 1.807) is 18.0 Å². The molecule has 5 heteroatoms. The summed E-state index contributed by atoms with van der Waals surface area (Å²) in [4.78, 5) is 0. The van der Waals surface area contributed by atoms with E-state index in [1.807, 2.05) is 24.3 Å². The van der Waals surface area contributed by atoms with Crippen LogP contribution in [-0.4, -0.2) is 28.6 Å². The Hall–Kier alpha value is -2.01. The standard InChI is InChI=1S/C13H17N3O2/c1-18-12-4-2-3-10(7-12)9-16-13(14)11(5-6-17)8-15-16/h2-4,7-8,17H,5-6,9,14H2,1H3. The van der Waals surface area contributed by atoms with Crippen molar-refractivity contribution in [3.63, 3.8) is 0 Å².